The number of rotatable bonds is 1. The number of aromatic nitrogens is 1. The molecular weight excluding hydrogens is 162 g/mol. The summed E-state index contributed by atoms with van der Waals surface area (Å²) in [5.41, 5.74) is 0. The first-order valence-corrected chi connectivity index (χ1v) is 5.04. The molecule has 0 aliphatic carbocycles. The molecule has 1 rings (SSSR count). The molecule has 0 spiro atoms. The van der Waals surface area contributed by atoms with Crippen LogP contribution in [-0.2, 0) is 16.9 Å². The van der Waals surface area contributed by atoms with Crippen LogP contribution in [0.4, 0.5) is 0 Å². The average molecular weight is 172 g/mol. The van der Waals surface area contributed by atoms with Crippen molar-refractivity contribution < 1.29 is 13.0 Å². The van der Waals surface area contributed by atoms with Crippen molar-refractivity contribution in [2.45, 2.75) is 4.90 Å². The van der Waals surface area contributed by atoms with Crippen LogP contribution in [-0.4, -0.2) is 14.7 Å². The van der Waals surface area contributed by atoms with Gasteiger partial charge in [0.25, 0.3) is 0 Å². The van der Waals surface area contributed by atoms with Crippen LogP contribution in [0.5, 0.6) is 0 Å². The van der Waals surface area contributed by atoms with E-state index in [1.807, 2.05) is 7.05 Å². The Morgan fingerprint density at radius 2 is 1.73 bits per heavy atom. The molecule has 0 amide bonds. The Hall–Kier alpha value is -0.900. The lowest BCUT2D eigenvalue weighted by atomic mass is 10.5. The van der Waals surface area contributed by atoms with Crippen molar-refractivity contribution in [1.29, 1.82) is 0 Å². The number of hydrogen-bond acceptors (Lipinski definition) is 2. The molecule has 11 heavy (non-hydrogen) atoms. The Labute approximate surface area is 66.2 Å². The topological polar surface area (TPSA) is 38.0 Å². The Kier molecular flexibility index (Phi) is 1.95. The molecule has 3 nitrogen and oxygen atoms in total. The second kappa shape index (κ2) is 2.62. The Morgan fingerprint density at radius 1 is 1.27 bits per heavy atom. The summed E-state index contributed by atoms with van der Waals surface area (Å²) in [5, 5.41) is 0. The Bertz CT molecular complexity index is 339. The molecule has 0 aromatic carbocycles. The average Bonchev–Trinajstić information content (AvgIpc) is 1.86. The minimum Gasteiger partial charge on any atom is -0.224 e. The van der Waals surface area contributed by atoms with Gasteiger partial charge in [0.05, 0.1) is 4.90 Å². The number of nitrogens with zero attached hydrogens (tertiary/aromatic N) is 1. The van der Waals surface area contributed by atoms with E-state index in [1.165, 1.54) is 6.26 Å². The van der Waals surface area contributed by atoms with E-state index in [4.69, 9.17) is 0 Å². The van der Waals surface area contributed by atoms with Crippen LogP contribution < -0.4 is 4.57 Å². The molecule has 0 atom stereocenters. The van der Waals surface area contributed by atoms with Gasteiger partial charge in [-0.1, -0.05) is 0 Å². The lowest BCUT2D eigenvalue weighted by Gasteiger charge is -1.93. The largest absolute Gasteiger partial charge is 0.224 e. The molecule has 0 bridgehead atoms. The van der Waals surface area contributed by atoms with Crippen molar-refractivity contribution in [3.8, 4) is 0 Å². The zero-order valence-corrected chi connectivity index (χ0v) is 7.30. The third-order valence-corrected chi connectivity index (χ3v) is 2.50. The molecule has 1 heterocycles. The van der Waals surface area contributed by atoms with Gasteiger partial charge in [0.15, 0.2) is 22.2 Å². The summed E-state index contributed by atoms with van der Waals surface area (Å²) >= 11 is 0. The SMILES string of the molecule is C[n+]1ccc(S(C)(=O)=O)cc1. The van der Waals surface area contributed by atoms with Crippen LogP contribution in [0.15, 0.2) is 29.4 Å². The Balaban J connectivity index is 3.20. The van der Waals surface area contributed by atoms with Crippen LogP contribution in [0, 0.1) is 0 Å². The van der Waals surface area contributed by atoms with E-state index < -0.39 is 9.84 Å². The number of hydrogen-bond donors (Lipinski definition) is 0. The summed E-state index contributed by atoms with van der Waals surface area (Å²) in [5.74, 6) is 0. The van der Waals surface area contributed by atoms with Crippen molar-refractivity contribution in [2.24, 2.45) is 7.05 Å². The predicted octanol–water partition coefficient (Wildman–Crippen LogP) is -0.0854. The molecule has 0 aliphatic rings. The van der Waals surface area contributed by atoms with Crippen molar-refractivity contribution in [2.75, 3.05) is 6.26 Å². The first-order chi connectivity index (χ1) is 5.00. The van der Waals surface area contributed by atoms with Gasteiger partial charge in [0, 0.05) is 18.4 Å². The van der Waals surface area contributed by atoms with E-state index in [9.17, 15) is 8.42 Å². The lowest BCUT2D eigenvalue weighted by Crippen LogP contribution is -2.26. The third kappa shape index (κ3) is 2.01. The molecule has 0 fully saturated rings. The fourth-order valence-electron chi connectivity index (χ4n) is 0.735. The smallest absolute Gasteiger partial charge is 0.175 e. The normalized spacial score (nSPS) is 11.5. The molecule has 0 aliphatic heterocycles. The molecule has 1 aromatic rings. The van der Waals surface area contributed by atoms with Crippen LogP contribution in [0.3, 0.4) is 0 Å². The molecule has 0 saturated carbocycles. The first kappa shape index (κ1) is 8.20. The monoisotopic (exact) mass is 172 g/mol. The molecule has 4 heteroatoms. The zero-order chi connectivity index (χ0) is 8.48. The van der Waals surface area contributed by atoms with Crippen molar-refractivity contribution in [1.82, 2.24) is 0 Å². The standard InChI is InChI=1S/C7H10NO2S/c1-8-5-3-7(4-6-8)11(2,9)10/h3-6H,1-2H3/q+1. The zero-order valence-electron chi connectivity index (χ0n) is 6.48. The lowest BCUT2D eigenvalue weighted by molar-refractivity contribution is -0.671. The molecule has 0 N–H and O–H groups in total. The first-order valence-electron chi connectivity index (χ1n) is 3.15. The van der Waals surface area contributed by atoms with E-state index in [2.05, 4.69) is 0 Å². The maximum Gasteiger partial charge on any atom is 0.175 e. The van der Waals surface area contributed by atoms with Gasteiger partial charge in [-0.25, -0.2) is 13.0 Å². The highest BCUT2D eigenvalue weighted by atomic mass is 32.2. The molecule has 0 saturated heterocycles. The Morgan fingerprint density at radius 3 is 2.09 bits per heavy atom. The summed E-state index contributed by atoms with van der Waals surface area (Å²) in [7, 11) is -1.19. The summed E-state index contributed by atoms with van der Waals surface area (Å²) in [4.78, 5) is 0.357. The van der Waals surface area contributed by atoms with Crippen LogP contribution in [0.2, 0.25) is 0 Å². The predicted molar refractivity (Wildman–Crippen MR) is 40.7 cm³/mol. The molecular formula is C7H10NO2S+. The highest BCUT2D eigenvalue weighted by molar-refractivity contribution is 7.90. The van der Waals surface area contributed by atoms with E-state index in [1.54, 1.807) is 29.1 Å². The minimum absolute atomic E-state index is 0.357. The third-order valence-electron chi connectivity index (χ3n) is 1.38. The van der Waals surface area contributed by atoms with Crippen LogP contribution >= 0.6 is 0 Å². The summed E-state index contributed by atoms with van der Waals surface area (Å²) < 4.78 is 23.7. The van der Waals surface area contributed by atoms with Crippen LogP contribution in [0.1, 0.15) is 0 Å². The molecule has 60 valence electrons. The quantitative estimate of drug-likeness (QED) is 0.555. The van der Waals surface area contributed by atoms with Gasteiger partial charge in [-0.05, 0) is 0 Å². The summed E-state index contributed by atoms with van der Waals surface area (Å²) in [6, 6.07) is 3.16. The molecule has 0 radical (unpaired) electrons. The van der Waals surface area contributed by atoms with Crippen molar-refractivity contribution in [3.05, 3.63) is 24.5 Å². The number of pyridine rings is 1. The maximum absolute atomic E-state index is 10.9. The minimum atomic E-state index is -3.03. The van der Waals surface area contributed by atoms with E-state index >= 15 is 0 Å². The second-order valence-electron chi connectivity index (χ2n) is 2.47. The maximum atomic E-state index is 10.9. The van der Waals surface area contributed by atoms with Gasteiger partial charge in [0.1, 0.15) is 7.05 Å². The fraction of sp³-hybridized carbons (Fsp3) is 0.286. The van der Waals surface area contributed by atoms with Crippen LogP contribution in [0.25, 0.3) is 0 Å². The fourth-order valence-corrected chi connectivity index (χ4v) is 1.35. The van der Waals surface area contributed by atoms with Gasteiger partial charge >= 0.3 is 0 Å². The number of aryl methyl sites for hydroxylation is 1. The van der Waals surface area contributed by atoms with Gasteiger partial charge in [-0.3, -0.25) is 0 Å². The van der Waals surface area contributed by atoms with Crippen molar-refractivity contribution >= 4 is 9.84 Å². The van der Waals surface area contributed by atoms with Gasteiger partial charge in [-0.15, -0.1) is 0 Å². The molecule has 1 aromatic heterocycles. The summed E-state index contributed by atoms with van der Waals surface area (Å²) in [6.45, 7) is 0. The summed E-state index contributed by atoms with van der Waals surface area (Å²) in [6.07, 6.45) is 4.61. The van der Waals surface area contributed by atoms with Gasteiger partial charge < -0.3 is 0 Å². The van der Waals surface area contributed by atoms with Gasteiger partial charge in [-0.2, -0.15) is 0 Å². The van der Waals surface area contributed by atoms with E-state index in [0.29, 0.717) is 4.90 Å². The van der Waals surface area contributed by atoms with E-state index in [-0.39, 0.29) is 0 Å². The number of sulfone groups is 1. The van der Waals surface area contributed by atoms with E-state index in [0.717, 1.165) is 0 Å². The highest BCUT2D eigenvalue weighted by Gasteiger charge is 2.06. The molecule has 0 unspecified atom stereocenters. The van der Waals surface area contributed by atoms with Crippen molar-refractivity contribution in [3.63, 3.8) is 0 Å². The second-order valence-corrected chi connectivity index (χ2v) is 4.49. The highest BCUT2D eigenvalue weighted by Crippen LogP contribution is 2.03. The van der Waals surface area contributed by atoms with Gasteiger partial charge in [0.2, 0.25) is 0 Å².